The fourth-order valence-electron chi connectivity index (χ4n) is 2.60. The lowest BCUT2D eigenvalue weighted by Crippen LogP contribution is -2.35. The van der Waals surface area contributed by atoms with Crippen molar-refractivity contribution in [2.45, 2.75) is 44.7 Å². The van der Waals surface area contributed by atoms with E-state index in [9.17, 15) is 9.59 Å². The van der Waals surface area contributed by atoms with E-state index in [1.165, 1.54) is 12.8 Å². The lowest BCUT2D eigenvalue weighted by Gasteiger charge is -2.23. The standard InChI is InChI=1S/C16H23N3O2/c17-16(21)13-5-3-4-12(10-13)11-19-15(20)8-7-14-6-1-2-9-18-14/h3-5,10,14,18H,1-2,6-9,11H2,(H2,17,21)(H,19,20). The Kier molecular flexibility index (Phi) is 5.75. The van der Waals surface area contributed by atoms with Crippen molar-refractivity contribution >= 4 is 11.8 Å². The predicted octanol–water partition coefficient (Wildman–Crippen LogP) is 1.32. The average molecular weight is 289 g/mol. The molecule has 0 spiro atoms. The molecule has 5 nitrogen and oxygen atoms in total. The van der Waals surface area contributed by atoms with E-state index in [0.29, 0.717) is 24.6 Å². The number of amides is 2. The third-order valence-corrected chi connectivity index (χ3v) is 3.83. The van der Waals surface area contributed by atoms with Crippen LogP contribution in [0.4, 0.5) is 0 Å². The van der Waals surface area contributed by atoms with E-state index in [0.717, 1.165) is 24.9 Å². The summed E-state index contributed by atoms with van der Waals surface area (Å²) in [7, 11) is 0. The van der Waals surface area contributed by atoms with Crippen molar-refractivity contribution in [2.75, 3.05) is 6.54 Å². The second kappa shape index (κ2) is 7.78. The summed E-state index contributed by atoms with van der Waals surface area (Å²) in [6.07, 6.45) is 5.06. The number of nitrogens with one attached hydrogen (secondary N) is 2. The highest BCUT2D eigenvalue weighted by molar-refractivity contribution is 5.92. The molecule has 0 bridgehead atoms. The van der Waals surface area contributed by atoms with Gasteiger partial charge in [0.2, 0.25) is 11.8 Å². The van der Waals surface area contributed by atoms with Crippen LogP contribution in [0.3, 0.4) is 0 Å². The van der Waals surface area contributed by atoms with E-state index in [1.807, 2.05) is 6.07 Å². The van der Waals surface area contributed by atoms with E-state index in [2.05, 4.69) is 10.6 Å². The fraction of sp³-hybridized carbons (Fsp3) is 0.500. The first kappa shape index (κ1) is 15.5. The van der Waals surface area contributed by atoms with Gasteiger partial charge in [0.1, 0.15) is 0 Å². The van der Waals surface area contributed by atoms with Gasteiger partial charge in [0.05, 0.1) is 0 Å². The zero-order valence-electron chi connectivity index (χ0n) is 12.2. The van der Waals surface area contributed by atoms with Crippen molar-refractivity contribution in [3.05, 3.63) is 35.4 Å². The molecule has 2 amide bonds. The van der Waals surface area contributed by atoms with Crippen LogP contribution >= 0.6 is 0 Å². The molecule has 1 saturated heterocycles. The highest BCUT2D eigenvalue weighted by Crippen LogP contribution is 2.11. The van der Waals surface area contributed by atoms with Gasteiger partial charge in [-0.1, -0.05) is 18.6 Å². The molecule has 5 heteroatoms. The minimum absolute atomic E-state index is 0.0480. The SMILES string of the molecule is NC(=O)c1cccc(CNC(=O)CCC2CCCCN2)c1. The summed E-state index contributed by atoms with van der Waals surface area (Å²) in [5.74, 6) is -0.404. The molecule has 1 aliphatic heterocycles. The molecule has 21 heavy (non-hydrogen) atoms. The Morgan fingerprint density at radius 3 is 2.90 bits per heavy atom. The number of carbonyl (C=O) groups excluding carboxylic acids is 2. The van der Waals surface area contributed by atoms with E-state index in [1.54, 1.807) is 18.2 Å². The van der Waals surface area contributed by atoms with Gasteiger partial charge >= 0.3 is 0 Å². The molecule has 2 rings (SSSR count). The van der Waals surface area contributed by atoms with Gasteiger partial charge in [-0.3, -0.25) is 9.59 Å². The van der Waals surface area contributed by atoms with Gasteiger partial charge in [-0.2, -0.15) is 0 Å². The van der Waals surface area contributed by atoms with Crippen LogP contribution in [0, 0.1) is 0 Å². The maximum atomic E-state index is 11.8. The third-order valence-electron chi connectivity index (χ3n) is 3.83. The monoisotopic (exact) mass is 289 g/mol. The first-order valence-corrected chi connectivity index (χ1v) is 7.54. The Bertz CT molecular complexity index is 496. The summed E-state index contributed by atoms with van der Waals surface area (Å²) in [5, 5.41) is 6.32. The van der Waals surface area contributed by atoms with E-state index in [-0.39, 0.29) is 5.91 Å². The molecule has 0 saturated carbocycles. The summed E-state index contributed by atoms with van der Waals surface area (Å²) in [6, 6.07) is 7.50. The van der Waals surface area contributed by atoms with E-state index >= 15 is 0 Å². The number of hydrogen-bond acceptors (Lipinski definition) is 3. The Balaban J connectivity index is 1.73. The first-order chi connectivity index (χ1) is 10.1. The normalized spacial score (nSPS) is 18.2. The minimum atomic E-state index is -0.452. The summed E-state index contributed by atoms with van der Waals surface area (Å²) in [6.45, 7) is 1.49. The Labute approximate surface area is 125 Å². The van der Waals surface area contributed by atoms with Gasteiger partial charge in [-0.15, -0.1) is 0 Å². The number of carbonyl (C=O) groups is 2. The Hall–Kier alpha value is -1.88. The van der Waals surface area contributed by atoms with Gasteiger partial charge in [-0.25, -0.2) is 0 Å². The van der Waals surface area contributed by atoms with Gasteiger partial charge in [0.15, 0.2) is 0 Å². The Morgan fingerprint density at radius 2 is 2.19 bits per heavy atom. The smallest absolute Gasteiger partial charge is 0.248 e. The van der Waals surface area contributed by atoms with E-state index in [4.69, 9.17) is 5.73 Å². The molecule has 0 radical (unpaired) electrons. The molecular formula is C16H23N3O2. The maximum Gasteiger partial charge on any atom is 0.248 e. The third kappa shape index (κ3) is 5.19. The number of nitrogens with two attached hydrogens (primary N) is 1. The molecule has 1 aromatic rings. The second-order valence-electron chi connectivity index (χ2n) is 5.53. The van der Waals surface area contributed by atoms with Crippen molar-refractivity contribution in [3.63, 3.8) is 0 Å². The molecule has 0 aromatic heterocycles. The van der Waals surface area contributed by atoms with Crippen LogP contribution in [-0.4, -0.2) is 24.4 Å². The van der Waals surface area contributed by atoms with E-state index < -0.39 is 5.91 Å². The molecular weight excluding hydrogens is 266 g/mol. The molecule has 0 aliphatic carbocycles. The summed E-state index contributed by atoms with van der Waals surface area (Å²) in [5.41, 5.74) is 6.59. The average Bonchev–Trinajstić information content (AvgIpc) is 2.52. The van der Waals surface area contributed by atoms with Gasteiger partial charge in [0, 0.05) is 24.6 Å². The quantitative estimate of drug-likeness (QED) is 0.738. The number of benzene rings is 1. The van der Waals surface area contributed by atoms with Crippen LogP contribution in [0.15, 0.2) is 24.3 Å². The van der Waals surface area contributed by atoms with Gasteiger partial charge < -0.3 is 16.4 Å². The highest BCUT2D eigenvalue weighted by Gasteiger charge is 2.13. The molecule has 1 heterocycles. The number of rotatable bonds is 6. The van der Waals surface area contributed by atoms with Crippen molar-refractivity contribution in [1.29, 1.82) is 0 Å². The predicted molar refractivity (Wildman–Crippen MR) is 81.7 cm³/mol. The topological polar surface area (TPSA) is 84.2 Å². The van der Waals surface area contributed by atoms with Gasteiger partial charge in [0.25, 0.3) is 0 Å². The summed E-state index contributed by atoms with van der Waals surface area (Å²) in [4.78, 5) is 22.9. The maximum absolute atomic E-state index is 11.8. The van der Waals surface area contributed by atoms with Crippen molar-refractivity contribution in [3.8, 4) is 0 Å². The highest BCUT2D eigenvalue weighted by atomic mass is 16.1. The minimum Gasteiger partial charge on any atom is -0.366 e. The molecule has 1 aliphatic rings. The van der Waals surface area contributed by atoms with Gasteiger partial charge in [-0.05, 0) is 43.5 Å². The van der Waals surface area contributed by atoms with Crippen molar-refractivity contribution in [1.82, 2.24) is 10.6 Å². The zero-order chi connectivity index (χ0) is 15.1. The van der Waals surface area contributed by atoms with Crippen molar-refractivity contribution < 1.29 is 9.59 Å². The van der Waals surface area contributed by atoms with Crippen LogP contribution in [0.1, 0.15) is 48.0 Å². The van der Waals surface area contributed by atoms with Crippen LogP contribution in [0.2, 0.25) is 0 Å². The number of piperidine rings is 1. The number of hydrogen-bond donors (Lipinski definition) is 3. The fourth-order valence-corrected chi connectivity index (χ4v) is 2.60. The molecule has 114 valence electrons. The van der Waals surface area contributed by atoms with Crippen molar-refractivity contribution in [2.24, 2.45) is 5.73 Å². The zero-order valence-corrected chi connectivity index (χ0v) is 12.2. The Morgan fingerprint density at radius 1 is 1.33 bits per heavy atom. The lowest BCUT2D eigenvalue weighted by atomic mass is 10.0. The second-order valence-corrected chi connectivity index (χ2v) is 5.53. The molecule has 1 unspecified atom stereocenters. The summed E-state index contributed by atoms with van der Waals surface area (Å²) >= 11 is 0. The lowest BCUT2D eigenvalue weighted by molar-refractivity contribution is -0.121. The molecule has 4 N–H and O–H groups in total. The number of primary amides is 1. The van der Waals surface area contributed by atoms with Crippen LogP contribution in [0.5, 0.6) is 0 Å². The molecule has 1 atom stereocenters. The summed E-state index contributed by atoms with van der Waals surface area (Å²) < 4.78 is 0. The van der Waals surface area contributed by atoms with Crippen LogP contribution < -0.4 is 16.4 Å². The largest absolute Gasteiger partial charge is 0.366 e. The van der Waals surface area contributed by atoms with Crippen LogP contribution in [0.25, 0.3) is 0 Å². The first-order valence-electron chi connectivity index (χ1n) is 7.54. The molecule has 1 fully saturated rings. The molecule has 1 aromatic carbocycles. The van der Waals surface area contributed by atoms with Crippen LogP contribution in [-0.2, 0) is 11.3 Å².